The van der Waals surface area contributed by atoms with Gasteiger partial charge in [0.2, 0.25) is 5.91 Å². The van der Waals surface area contributed by atoms with Gasteiger partial charge < -0.3 is 15.7 Å². The number of amides is 1. The van der Waals surface area contributed by atoms with Gasteiger partial charge in [0, 0.05) is 6.04 Å². The van der Waals surface area contributed by atoms with Gasteiger partial charge in [0.05, 0.1) is 18.5 Å². The van der Waals surface area contributed by atoms with E-state index >= 15 is 0 Å². The van der Waals surface area contributed by atoms with Crippen molar-refractivity contribution in [1.82, 2.24) is 10.6 Å². The lowest BCUT2D eigenvalue weighted by molar-refractivity contribution is -0.139. The molecule has 0 aromatic carbocycles. The summed E-state index contributed by atoms with van der Waals surface area (Å²) >= 11 is 0. The van der Waals surface area contributed by atoms with E-state index in [1.807, 2.05) is 0 Å². The van der Waals surface area contributed by atoms with E-state index in [0.717, 1.165) is 38.5 Å². The predicted molar refractivity (Wildman–Crippen MR) is 71.9 cm³/mol. The first-order valence-electron chi connectivity index (χ1n) is 7.36. The van der Waals surface area contributed by atoms with Crippen molar-refractivity contribution in [3.05, 3.63) is 0 Å². The van der Waals surface area contributed by atoms with E-state index in [2.05, 4.69) is 10.6 Å². The first-order valence-corrected chi connectivity index (χ1v) is 7.36. The normalized spacial score (nSPS) is 22.5. The van der Waals surface area contributed by atoms with Gasteiger partial charge in [-0.15, -0.1) is 0 Å². The molecule has 2 fully saturated rings. The van der Waals surface area contributed by atoms with Gasteiger partial charge in [-0.3, -0.25) is 9.59 Å². The summed E-state index contributed by atoms with van der Waals surface area (Å²) in [6, 6.07) is 0.463. The van der Waals surface area contributed by atoms with E-state index in [0.29, 0.717) is 12.6 Å². The molecule has 2 saturated carbocycles. The molecule has 0 heterocycles. The van der Waals surface area contributed by atoms with Gasteiger partial charge in [-0.05, 0) is 25.7 Å². The first kappa shape index (κ1) is 14.3. The molecule has 19 heavy (non-hydrogen) atoms. The molecule has 0 aliphatic heterocycles. The molecular formula is C14H24N2O3. The summed E-state index contributed by atoms with van der Waals surface area (Å²) in [6.07, 6.45) is 8.39. The highest BCUT2D eigenvalue weighted by molar-refractivity contribution is 5.80. The van der Waals surface area contributed by atoms with Gasteiger partial charge in [0.15, 0.2) is 0 Å². The first-order chi connectivity index (χ1) is 9.10. The smallest absolute Gasteiger partial charge is 0.305 e. The molecule has 0 radical (unpaired) electrons. The Morgan fingerprint density at radius 1 is 1.11 bits per heavy atom. The zero-order chi connectivity index (χ0) is 13.7. The second kappa shape index (κ2) is 6.37. The second-order valence-corrected chi connectivity index (χ2v) is 5.97. The van der Waals surface area contributed by atoms with Crippen LogP contribution in [-0.2, 0) is 9.59 Å². The lowest BCUT2D eigenvalue weighted by Gasteiger charge is -2.29. The van der Waals surface area contributed by atoms with Crippen LogP contribution in [0.25, 0.3) is 0 Å². The largest absolute Gasteiger partial charge is 0.481 e. The number of carbonyl (C=O) groups is 2. The summed E-state index contributed by atoms with van der Waals surface area (Å²) in [6.45, 7) is 0.312. The second-order valence-electron chi connectivity index (χ2n) is 5.97. The Morgan fingerprint density at radius 3 is 2.32 bits per heavy atom. The number of carbonyl (C=O) groups excluding carboxylic acids is 1. The van der Waals surface area contributed by atoms with Crippen molar-refractivity contribution in [2.45, 2.75) is 69.4 Å². The molecule has 0 unspecified atom stereocenters. The van der Waals surface area contributed by atoms with Crippen molar-refractivity contribution in [2.75, 3.05) is 6.54 Å². The summed E-state index contributed by atoms with van der Waals surface area (Å²) < 4.78 is 0. The topological polar surface area (TPSA) is 78.4 Å². The molecule has 3 N–H and O–H groups in total. The minimum atomic E-state index is -0.828. The Morgan fingerprint density at radius 2 is 1.74 bits per heavy atom. The summed E-state index contributed by atoms with van der Waals surface area (Å²) in [5.74, 6) is -0.888. The number of aliphatic carboxylic acids is 1. The molecule has 0 bridgehead atoms. The zero-order valence-electron chi connectivity index (χ0n) is 11.4. The molecule has 2 aliphatic rings. The Bertz CT molecular complexity index is 332. The Hall–Kier alpha value is -1.10. The molecule has 1 amide bonds. The minimum Gasteiger partial charge on any atom is -0.481 e. The molecule has 0 aromatic heterocycles. The van der Waals surface area contributed by atoms with Crippen molar-refractivity contribution >= 4 is 11.9 Å². The number of hydrogen-bond acceptors (Lipinski definition) is 3. The Labute approximate surface area is 114 Å². The van der Waals surface area contributed by atoms with E-state index in [1.54, 1.807) is 0 Å². The maximum atomic E-state index is 12.0. The van der Waals surface area contributed by atoms with Crippen LogP contribution in [0.2, 0.25) is 0 Å². The van der Waals surface area contributed by atoms with E-state index in [4.69, 9.17) is 5.11 Å². The Balaban J connectivity index is 1.79. The Kier molecular flexibility index (Phi) is 4.80. The fourth-order valence-corrected chi connectivity index (χ4v) is 3.39. The summed E-state index contributed by atoms with van der Waals surface area (Å²) in [7, 11) is 0. The molecule has 5 nitrogen and oxygen atoms in total. The molecule has 2 rings (SSSR count). The monoisotopic (exact) mass is 268 g/mol. The van der Waals surface area contributed by atoms with Gasteiger partial charge in [0.25, 0.3) is 0 Å². The van der Waals surface area contributed by atoms with E-state index < -0.39 is 11.5 Å². The molecule has 108 valence electrons. The molecule has 0 spiro atoms. The van der Waals surface area contributed by atoms with E-state index in [-0.39, 0.29) is 12.3 Å². The molecule has 0 atom stereocenters. The average Bonchev–Trinajstić information content (AvgIpc) is 2.97. The van der Waals surface area contributed by atoms with Gasteiger partial charge >= 0.3 is 5.97 Å². The van der Waals surface area contributed by atoms with E-state index in [9.17, 15) is 9.59 Å². The third kappa shape index (κ3) is 4.20. The van der Waals surface area contributed by atoms with Gasteiger partial charge in [0.1, 0.15) is 0 Å². The fraction of sp³-hybridized carbons (Fsp3) is 0.857. The van der Waals surface area contributed by atoms with Crippen LogP contribution < -0.4 is 10.6 Å². The summed E-state index contributed by atoms with van der Waals surface area (Å²) in [5.41, 5.74) is -0.500. The van der Waals surface area contributed by atoms with E-state index in [1.165, 1.54) is 12.8 Å². The van der Waals surface area contributed by atoms with Crippen molar-refractivity contribution in [1.29, 1.82) is 0 Å². The van der Waals surface area contributed by atoms with Crippen LogP contribution in [0.1, 0.15) is 57.8 Å². The number of carboxylic acid groups (broad SMARTS) is 1. The predicted octanol–water partition coefficient (Wildman–Crippen LogP) is 1.42. The molecule has 5 heteroatoms. The van der Waals surface area contributed by atoms with Crippen LogP contribution in [0, 0.1) is 0 Å². The van der Waals surface area contributed by atoms with Crippen LogP contribution in [0.5, 0.6) is 0 Å². The SMILES string of the molecule is O=C(O)CC1(NC(=O)CNC2CCCC2)CCCC1. The van der Waals surface area contributed by atoms with Crippen LogP contribution in [0.4, 0.5) is 0 Å². The van der Waals surface area contributed by atoms with Crippen LogP contribution >= 0.6 is 0 Å². The standard InChI is InChI=1S/C14H24N2O3/c17-12(10-15-11-5-1-2-6-11)16-14(9-13(18)19)7-3-4-8-14/h11,15H,1-10H2,(H,16,17)(H,18,19). The zero-order valence-corrected chi connectivity index (χ0v) is 11.4. The highest BCUT2D eigenvalue weighted by atomic mass is 16.4. The van der Waals surface area contributed by atoms with Crippen molar-refractivity contribution < 1.29 is 14.7 Å². The van der Waals surface area contributed by atoms with Crippen molar-refractivity contribution in [2.24, 2.45) is 0 Å². The maximum Gasteiger partial charge on any atom is 0.305 e. The lowest BCUT2D eigenvalue weighted by atomic mass is 9.93. The number of carboxylic acids is 1. The molecule has 2 aliphatic carbocycles. The number of nitrogens with one attached hydrogen (secondary N) is 2. The number of hydrogen-bond donors (Lipinski definition) is 3. The lowest BCUT2D eigenvalue weighted by Crippen LogP contribution is -2.51. The third-order valence-corrected chi connectivity index (χ3v) is 4.36. The highest BCUT2D eigenvalue weighted by Crippen LogP contribution is 2.32. The molecular weight excluding hydrogens is 244 g/mol. The minimum absolute atomic E-state index is 0.0438. The summed E-state index contributed by atoms with van der Waals surface area (Å²) in [4.78, 5) is 22.9. The van der Waals surface area contributed by atoms with Gasteiger partial charge in [-0.2, -0.15) is 0 Å². The summed E-state index contributed by atoms with van der Waals surface area (Å²) in [5, 5.41) is 15.2. The van der Waals surface area contributed by atoms with Gasteiger partial charge in [-0.25, -0.2) is 0 Å². The van der Waals surface area contributed by atoms with Crippen LogP contribution in [-0.4, -0.2) is 35.1 Å². The quantitative estimate of drug-likeness (QED) is 0.681. The molecule has 0 saturated heterocycles. The molecule has 0 aromatic rings. The van der Waals surface area contributed by atoms with Crippen LogP contribution in [0.15, 0.2) is 0 Å². The highest BCUT2D eigenvalue weighted by Gasteiger charge is 2.37. The maximum absolute atomic E-state index is 12.0. The average molecular weight is 268 g/mol. The van der Waals surface area contributed by atoms with Crippen molar-refractivity contribution in [3.8, 4) is 0 Å². The van der Waals surface area contributed by atoms with Crippen LogP contribution in [0.3, 0.4) is 0 Å². The van der Waals surface area contributed by atoms with Gasteiger partial charge in [-0.1, -0.05) is 25.7 Å². The number of rotatable bonds is 6. The third-order valence-electron chi connectivity index (χ3n) is 4.36. The van der Waals surface area contributed by atoms with Crippen molar-refractivity contribution in [3.63, 3.8) is 0 Å². The fourth-order valence-electron chi connectivity index (χ4n) is 3.39.